The van der Waals surface area contributed by atoms with Gasteiger partial charge in [-0.05, 0) is 32.4 Å². The van der Waals surface area contributed by atoms with Crippen LogP contribution < -0.4 is 0 Å². The van der Waals surface area contributed by atoms with Crippen LogP contribution in [0.15, 0.2) is 28.7 Å². The first-order valence-electron chi connectivity index (χ1n) is 6.61. The molecule has 0 N–H and O–H groups in total. The highest BCUT2D eigenvalue weighted by atomic mass is 79.9. The van der Waals surface area contributed by atoms with Gasteiger partial charge in [-0.15, -0.1) is 0 Å². The number of hydrogen-bond donors (Lipinski definition) is 0. The van der Waals surface area contributed by atoms with E-state index in [1.165, 1.54) is 0 Å². The summed E-state index contributed by atoms with van der Waals surface area (Å²) in [7, 11) is 0. The van der Waals surface area contributed by atoms with E-state index in [-0.39, 0.29) is 11.9 Å². The molecule has 0 spiro atoms. The Labute approximate surface area is 123 Å². The molecule has 0 aromatic heterocycles. The monoisotopic (exact) mass is 328 g/mol. The van der Waals surface area contributed by atoms with Crippen molar-refractivity contribution in [2.45, 2.75) is 32.8 Å². The molecular formula is C15H21BrO3. The fraction of sp³-hybridized carbons (Fsp3) is 0.533. The number of carbonyl (C=O) groups excluding carboxylic acids is 1. The van der Waals surface area contributed by atoms with Gasteiger partial charge in [-0.3, -0.25) is 4.79 Å². The predicted molar refractivity (Wildman–Crippen MR) is 79.6 cm³/mol. The van der Waals surface area contributed by atoms with Crippen molar-refractivity contribution in [3.8, 4) is 0 Å². The summed E-state index contributed by atoms with van der Waals surface area (Å²) in [6.07, 6.45) is 1.34. The maximum atomic E-state index is 11.9. The molecule has 1 rings (SSSR count). The van der Waals surface area contributed by atoms with E-state index in [2.05, 4.69) is 15.9 Å². The number of halogens is 1. The minimum Gasteiger partial charge on any atom is -0.379 e. The van der Waals surface area contributed by atoms with E-state index in [4.69, 9.17) is 9.47 Å². The van der Waals surface area contributed by atoms with Gasteiger partial charge in [-0.2, -0.15) is 0 Å². The molecule has 0 radical (unpaired) electrons. The lowest BCUT2D eigenvalue weighted by atomic mass is 10.1. The zero-order chi connectivity index (χ0) is 14.1. The van der Waals surface area contributed by atoms with Gasteiger partial charge in [0.25, 0.3) is 0 Å². The highest BCUT2D eigenvalue weighted by Crippen LogP contribution is 2.12. The van der Waals surface area contributed by atoms with Gasteiger partial charge >= 0.3 is 0 Å². The molecule has 1 unspecified atom stereocenters. The second-order valence-electron chi connectivity index (χ2n) is 4.37. The summed E-state index contributed by atoms with van der Waals surface area (Å²) in [5.41, 5.74) is 0.755. The number of ketones is 1. The van der Waals surface area contributed by atoms with E-state index in [1.807, 2.05) is 38.1 Å². The molecule has 106 valence electrons. The summed E-state index contributed by atoms with van der Waals surface area (Å²) in [5, 5.41) is 0. The molecular weight excluding hydrogens is 308 g/mol. The molecule has 0 aliphatic rings. The predicted octanol–water partition coefficient (Wildman–Crippen LogP) is 3.85. The molecule has 0 amide bonds. The van der Waals surface area contributed by atoms with Crippen LogP contribution in [0.4, 0.5) is 0 Å². The fourth-order valence-electron chi connectivity index (χ4n) is 1.63. The first kappa shape index (κ1) is 16.3. The Morgan fingerprint density at radius 2 is 2.00 bits per heavy atom. The van der Waals surface area contributed by atoms with Gasteiger partial charge < -0.3 is 9.47 Å². The number of Topliss-reactive ketones (excluding diaryl/α,β-unsaturated/α-hetero) is 1. The van der Waals surface area contributed by atoms with Gasteiger partial charge in [-0.25, -0.2) is 0 Å². The third-order valence-electron chi connectivity index (χ3n) is 2.67. The second kappa shape index (κ2) is 9.23. The van der Waals surface area contributed by atoms with Crippen LogP contribution >= 0.6 is 15.9 Å². The maximum absolute atomic E-state index is 11.9. The molecule has 0 aliphatic heterocycles. The summed E-state index contributed by atoms with van der Waals surface area (Å²) < 4.78 is 11.8. The van der Waals surface area contributed by atoms with Crippen molar-refractivity contribution in [3.63, 3.8) is 0 Å². The maximum Gasteiger partial charge on any atom is 0.162 e. The molecule has 1 atom stereocenters. The van der Waals surface area contributed by atoms with Gasteiger partial charge in [-0.1, -0.05) is 28.1 Å². The highest BCUT2D eigenvalue weighted by molar-refractivity contribution is 9.10. The normalized spacial score (nSPS) is 12.4. The average Bonchev–Trinajstić information content (AvgIpc) is 2.41. The molecule has 0 bridgehead atoms. The van der Waals surface area contributed by atoms with E-state index in [9.17, 15) is 4.79 Å². The number of carbonyl (C=O) groups is 1. The summed E-state index contributed by atoms with van der Waals surface area (Å²) >= 11 is 3.35. The van der Waals surface area contributed by atoms with E-state index < -0.39 is 0 Å². The van der Waals surface area contributed by atoms with E-state index in [1.54, 1.807) is 0 Å². The molecule has 1 aromatic carbocycles. The van der Waals surface area contributed by atoms with Crippen LogP contribution in [0.2, 0.25) is 0 Å². The lowest BCUT2D eigenvalue weighted by Crippen LogP contribution is -2.17. The van der Waals surface area contributed by atoms with E-state index in [0.29, 0.717) is 26.2 Å². The van der Waals surface area contributed by atoms with Gasteiger partial charge in [0, 0.05) is 29.7 Å². The molecule has 0 fully saturated rings. The summed E-state index contributed by atoms with van der Waals surface area (Å²) in [6, 6.07) is 7.44. The Morgan fingerprint density at radius 1 is 1.32 bits per heavy atom. The quantitative estimate of drug-likeness (QED) is 0.510. The zero-order valence-electron chi connectivity index (χ0n) is 11.5. The van der Waals surface area contributed by atoms with E-state index >= 15 is 0 Å². The summed E-state index contributed by atoms with van der Waals surface area (Å²) in [5.74, 6) is 0.161. The van der Waals surface area contributed by atoms with Gasteiger partial charge in [0.2, 0.25) is 0 Å². The van der Waals surface area contributed by atoms with Crippen LogP contribution in [0.3, 0.4) is 0 Å². The Bertz CT molecular complexity index is 375. The molecule has 3 nitrogen and oxygen atoms in total. The van der Waals surface area contributed by atoms with Crippen LogP contribution in [0.25, 0.3) is 0 Å². The number of benzene rings is 1. The van der Waals surface area contributed by atoms with E-state index in [0.717, 1.165) is 16.5 Å². The van der Waals surface area contributed by atoms with Crippen LogP contribution in [0.5, 0.6) is 0 Å². The largest absolute Gasteiger partial charge is 0.379 e. The van der Waals surface area contributed by atoms with Crippen LogP contribution in [-0.4, -0.2) is 31.7 Å². The standard InChI is InChI=1S/C15H21BrO3/c1-3-18-11-12(2)19-10-4-5-15(17)13-6-8-14(16)9-7-13/h6-9,12H,3-5,10-11H2,1-2H3. The Hall–Kier alpha value is -0.710. The van der Waals surface area contributed by atoms with Crippen molar-refractivity contribution in [2.75, 3.05) is 19.8 Å². The number of ether oxygens (including phenoxy) is 2. The van der Waals surface area contributed by atoms with Crippen molar-refractivity contribution in [2.24, 2.45) is 0 Å². The molecule has 1 aromatic rings. The van der Waals surface area contributed by atoms with Crippen molar-refractivity contribution in [1.29, 1.82) is 0 Å². The molecule has 4 heteroatoms. The number of rotatable bonds is 9. The lowest BCUT2D eigenvalue weighted by Gasteiger charge is -2.12. The third-order valence-corrected chi connectivity index (χ3v) is 3.20. The van der Waals surface area contributed by atoms with Crippen molar-refractivity contribution in [1.82, 2.24) is 0 Å². The van der Waals surface area contributed by atoms with Crippen LogP contribution in [0, 0.1) is 0 Å². The smallest absolute Gasteiger partial charge is 0.162 e. The Kier molecular flexibility index (Phi) is 7.94. The lowest BCUT2D eigenvalue weighted by molar-refractivity contribution is -0.00422. The highest BCUT2D eigenvalue weighted by Gasteiger charge is 2.06. The minimum absolute atomic E-state index is 0.0859. The fourth-order valence-corrected chi connectivity index (χ4v) is 1.89. The van der Waals surface area contributed by atoms with Gasteiger partial charge in [0.15, 0.2) is 5.78 Å². The first-order valence-corrected chi connectivity index (χ1v) is 7.41. The van der Waals surface area contributed by atoms with Crippen LogP contribution in [0.1, 0.15) is 37.0 Å². The second-order valence-corrected chi connectivity index (χ2v) is 5.29. The van der Waals surface area contributed by atoms with Gasteiger partial charge in [0.1, 0.15) is 0 Å². The Balaban J connectivity index is 2.18. The molecule has 0 heterocycles. The van der Waals surface area contributed by atoms with Crippen LogP contribution in [-0.2, 0) is 9.47 Å². The molecule has 0 saturated carbocycles. The zero-order valence-corrected chi connectivity index (χ0v) is 13.1. The van der Waals surface area contributed by atoms with Gasteiger partial charge in [0.05, 0.1) is 12.7 Å². The van der Waals surface area contributed by atoms with Crippen molar-refractivity contribution in [3.05, 3.63) is 34.3 Å². The SMILES string of the molecule is CCOCC(C)OCCCC(=O)c1ccc(Br)cc1. The average molecular weight is 329 g/mol. The van der Waals surface area contributed by atoms with Crippen molar-refractivity contribution >= 4 is 21.7 Å². The van der Waals surface area contributed by atoms with Crippen molar-refractivity contribution < 1.29 is 14.3 Å². The third kappa shape index (κ3) is 6.85. The molecule has 0 aliphatic carbocycles. The molecule has 19 heavy (non-hydrogen) atoms. The topological polar surface area (TPSA) is 35.5 Å². The first-order chi connectivity index (χ1) is 9.13. The number of hydrogen-bond acceptors (Lipinski definition) is 3. The summed E-state index contributed by atoms with van der Waals surface area (Å²) in [6.45, 7) is 5.85. The Morgan fingerprint density at radius 3 is 2.63 bits per heavy atom. The molecule has 0 saturated heterocycles. The minimum atomic E-state index is 0.0859. The summed E-state index contributed by atoms with van der Waals surface area (Å²) in [4.78, 5) is 11.9.